The Labute approximate surface area is 127 Å². The number of ether oxygens (including phenoxy) is 1. The summed E-state index contributed by atoms with van der Waals surface area (Å²) in [5, 5.41) is 6.16. The van der Waals surface area contributed by atoms with Crippen molar-refractivity contribution in [3.63, 3.8) is 0 Å². The number of aromatic nitrogens is 1. The third-order valence-corrected chi connectivity index (χ3v) is 4.09. The minimum atomic E-state index is -0.115. The van der Waals surface area contributed by atoms with Crippen LogP contribution in [0.2, 0.25) is 0 Å². The second kappa shape index (κ2) is 7.48. The number of amides is 2. The van der Waals surface area contributed by atoms with E-state index in [-0.39, 0.29) is 11.8 Å². The number of hydrogen-bond donors (Lipinski definition) is 2. The van der Waals surface area contributed by atoms with E-state index in [1.165, 1.54) is 18.3 Å². The molecule has 7 nitrogen and oxygen atoms in total. The Bertz CT molecular complexity index is 518. The maximum absolute atomic E-state index is 11.8. The summed E-state index contributed by atoms with van der Waals surface area (Å²) in [6.45, 7) is 4.39. The third-order valence-electron chi connectivity index (χ3n) is 3.09. The van der Waals surface area contributed by atoms with Crippen molar-refractivity contribution in [2.24, 2.45) is 0 Å². The Morgan fingerprint density at radius 3 is 3.00 bits per heavy atom. The molecule has 0 fully saturated rings. The molecule has 1 aromatic rings. The largest absolute Gasteiger partial charge is 0.383 e. The average molecular weight is 312 g/mol. The fourth-order valence-electron chi connectivity index (χ4n) is 2.14. The number of thiazole rings is 1. The van der Waals surface area contributed by atoms with Crippen LogP contribution in [0.4, 0.5) is 5.13 Å². The van der Waals surface area contributed by atoms with E-state index in [0.717, 1.165) is 23.5 Å². The standard InChI is InChI=1S/C13H20N4O3S/c1-9(18)15-13-16-10-3-5-17(7-11(10)21-13)8-12(19)14-4-6-20-2/h3-8H2,1-2H3,(H,14,19)(H,15,16,18). The first-order valence-electron chi connectivity index (χ1n) is 6.82. The van der Waals surface area contributed by atoms with Crippen molar-refractivity contribution >= 4 is 28.3 Å². The number of methoxy groups -OCH3 is 1. The van der Waals surface area contributed by atoms with Gasteiger partial charge in [0.15, 0.2) is 5.13 Å². The van der Waals surface area contributed by atoms with Gasteiger partial charge in [0, 0.05) is 45.0 Å². The van der Waals surface area contributed by atoms with E-state index in [1.54, 1.807) is 7.11 Å². The van der Waals surface area contributed by atoms with Crippen LogP contribution in [0.3, 0.4) is 0 Å². The van der Waals surface area contributed by atoms with E-state index in [0.29, 0.717) is 31.4 Å². The molecule has 1 aliphatic heterocycles. The van der Waals surface area contributed by atoms with Gasteiger partial charge in [0.2, 0.25) is 11.8 Å². The van der Waals surface area contributed by atoms with Gasteiger partial charge in [-0.25, -0.2) is 4.98 Å². The normalized spacial score (nSPS) is 14.6. The zero-order chi connectivity index (χ0) is 15.2. The van der Waals surface area contributed by atoms with Gasteiger partial charge in [0.05, 0.1) is 18.8 Å². The molecule has 0 radical (unpaired) electrons. The van der Waals surface area contributed by atoms with Crippen LogP contribution in [0.5, 0.6) is 0 Å². The molecule has 2 amide bonds. The lowest BCUT2D eigenvalue weighted by Crippen LogP contribution is -2.40. The van der Waals surface area contributed by atoms with Crippen molar-refractivity contribution in [3.05, 3.63) is 10.6 Å². The molecule has 0 bridgehead atoms. The molecular formula is C13H20N4O3S. The summed E-state index contributed by atoms with van der Waals surface area (Å²) in [5.41, 5.74) is 1.03. The van der Waals surface area contributed by atoms with Crippen LogP contribution in [0.25, 0.3) is 0 Å². The summed E-state index contributed by atoms with van der Waals surface area (Å²) >= 11 is 1.48. The monoisotopic (exact) mass is 312 g/mol. The Morgan fingerprint density at radius 2 is 2.29 bits per heavy atom. The molecule has 0 aromatic carbocycles. The van der Waals surface area contributed by atoms with Crippen LogP contribution in [0.1, 0.15) is 17.5 Å². The number of hydrogen-bond acceptors (Lipinski definition) is 6. The van der Waals surface area contributed by atoms with E-state index in [4.69, 9.17) is 4.74 Å². The van der Waals surface area contributed by atoms with E-state index >= 15 is 0 Å². The second-order valence-corrected chi connectivity index (χ2v) is 5.96. The first kappa shape index (κ1) is 15.9. The topological polar surface area (TPSA) is 83.6 Å². The van der Waals surface area contributed by atoms with Gasteiger partial charge in [-0.1, -0.05) is 0 Å². The maximum Gasteiger partial charge on any atom is 0.234 e. The molecule has 0 atom stereocenters. The molecule has 2 N–H and O–H groups in total. The van der Waals surface area contributed by atoms with Crippen LogP contribution in [0, 0.1) is 0 Å². The fraction of sp³-hybridized carbons (Fsp3) is 0.615. The molecule has 2 rings (SSSR count). The molecule has 0 saturated carbocycles. The summed E-state index contributed by atoms with van der Waals surface area (Å²) < 4.78 is 4.89. The zero-order valence-corrected chi connectivity index (χ0v) is 13.1. The van der Waals surface area contributed by atoms with Gasteiger partial charge in [-0.3, -0.25) is 14.5 Å². The lowest BCUT2D eigenvalue weighted by Gasteiger charge is -2.25. The number of nitrogens with one attached hydrogen (secondary N) is 2. The van der Waals surface area contributed by atoms with Crippen LogP contribution < -0.4 is 10.6 Å². The van der Waals surface area contributed by atoms with Crippen molar-refractivity contribution < 1.29 is 14.3 Å². The number of carbonyl (C=O) groups excluding carboxylic acids is 2. The highest BCUT2D eigenvalue weighted by molar-refractivity contribution is 7.15. The van der Waals surface area contributed by atoms with Gasteiger partial charge in [0.1, 0.15) is 0 Å². The van der Waals surface area contributed by atoms with Gasteiger partial charge in [0.25, 0.3) is 0 Å². The minimum Gasteiger partial charge on any atom is -0.383 e. The molecule has 2 heterocycles. The highest BCUT2D eigenvalue weighted by Crippen LogP contribution is 2.28. The maximum atomic E-state index is 11.8. The predicted molar refractivity (Wildman–Crippen MR) is 80.3 cm³/mol. The lowest BCUT2D eigenvalue weighted by molar-refractivity contribution is -0.122. The van der Waals surface area contributed by atoms with Crippen molar-refractivity contribution in [2.75, 3.05) is 38.7 Å². The molecule has 0 unspecified atom stereocenters. The SMILES string of the molecule is COCCNC(=O)CN1CCc2nc(NC(C)=O)sc2C1. The molecule has 1 aliphatic rings. The molecule has 0 aliphatic carbocycles. The first-order chi connectivity index (χ1) is 10.1. The van der Waals surface area contributed by atoms with Gasteiger partial charge in [-0.2, -0.15) is 0 Å². The fourth-order valence-corrected chi connectivity index (χ4v) is 3.24. The quantitative estimate of drug-likeness (QED) is 0.734. The highest BCUT2D eigenvalue weighted by atomic mass is 32.1. The highest BCUT2D eigenvalue weighted by Gasteiger charge is 2.22. The number of anilines is 1. The van der Waals surface area contributed by atoms with Crippen molar-refractivity contribution in [3.8, 4) is 0 Å². The van der Waals surface area contributed by atoms with Crippen molar-refractivity contribution in [2.45, 2.75) is 19.9 Å². The van der Waals surface area contributed by atoms with Crippen LogP contribution in [-0.4, -0.2) is 55.0 Å². The summed E-state index contributed by atoms with van der Waals surface area (Å²) in [6.07, 6.45) is 0.802. The molecule has 116 valence electrons. The Balaban J connectivity index is 1.85. The molecular weight excluding hydrogens is 292 g/mol. The molecule has 0 saturated heterocycles. The van der Waals surface area contributed by atoms with Gasteiger partial charge >= 0.3 is 0 Å². The smallest absolute Gasteiger partial charge is 0.234 e. The first-order valence-corrected chi connectivity index (χ1v) is 7.64. The minimum absolute atomic E-state index is 0.00194. The lowest BCUT2D eigenvalue weighted by atomic mass is 10.2. The predicted octanol–water partition coefficient (Wildman–Crippen LogP) is 0.222. The molecule has 21 heavy (non-hydrogen) atoms. The zero-order valence-electron chi connectivity index (χ0n) is 12.3. The summed E-state index contributed by atoms with van der Waals surface area (Å²) in [5.74, 6) is -0.113. The number of nitrogens with zero attached hydrogens (tertiary/aromatic N) is 2. The van der Waals surface area contributed by atoms with Gasteiger partial charge in [-0.05, 0) is 0 Å². The second-order valence-electron chi connectivity index (χ2n) is 4.87. The number of carbonyl (C=O) groups is 2. The number of fused-ring (bicyclic) bond motifs is 1. The molecule has 8 heteroatoms. The molecule has 0 spiro atoms. The summed E-state index contributed by atoms with van der Waals surface area (Å²) in [6, 6.07) is 0. The molecule has 1 aromatic heterocycles. The van der Waals surface area contributed by atoms with E-state index < -0.39 is 0 Å². The van der Waals surface area contributed by atoms with Crippen molar-refractivity contribution in [1.82, 2.24) is 15.2 Å². The van der Waals surface area contributed by atoms with Crippen LogP contribution >= 0.6 is 11.3 Å². The summed E-state index contributed by atoms with van der Waals surface area (Å²) in [4.78, 5) is 30.4. The third kappa shape index (κ3) is 4.76. The Hall–Kier alpha value is -1.51. The van der Waals surface area contributed by atoms with Crippen LogP contribution in [0.15, 0.2) is 0 Å². The number of rotatable bonds is 6. The van der Waals surface area contributed by atoms with Crippen molar-refractivity contribution in [1.29, 1.82) is 0 Å². The average Bonchev–Trinajstić information content (AvgIpc) is 2.79. The van der Waals surface area contributed by atoms with E-state index in [9.17, 15) is 9.59 Å². The van der Waals surface area contributed by atoms with Gasteiger partial charge < -0.3 is 15.4 Å². The Morgan fingerprint density at radius 1 is 1.48 bits per heavy atom. The van der Waals surface area contributed by atoms with E-state index in [2.05, 4.69) is 20.5 Å². The van der Waals surface area contributed by atoms with Gasteiger partial charge in [-0.15, -0.1) is 11.3 Å². The van der Waals surface area contributed by atoms with Crippen LogP contribution in [-0.2, 0) is 27.3 Å². The van der Waals surface area contributed by atoms with E-state index in [1.807, 2.05) is 0 Å². The Kier molecular flexibility index (Phi) is 5.66. The summed E-state index contributed by atoms with van der Waals surface area (Å²) in [7, 11) is 1.61.